The molecule has 6 heteroatoms. The fourth-order valence-corrected chi connectivity index (χ4v) is 1.72. The number of carbonyl (C=O) groups is 2. The Labute approximate surface area is 104 Å². The van der Waals surface area contributed by atoms with Crippen molar-refractivity contribution in [2.45, 2.75) is 6.54 Å². The molecule has 2 heterocycles. The zero-order valence-corrected chi connectivity index (χ0v) is 9.79. The number of aliphatic hydroxyl groups is 1. The zero-order chi connectivity index (χ0) is 13.1. The minimum Gasteiger partial charge on any atom is -0.503 e. The van der Waals surface area contributed by atoms with Crippen LogP contribution in [0, 0.1) is 0 Å². The van der Waals surface area contributed by atoms with E-state index in [-0.39, 0.29) is 18.7 Å². The molecule has 18 heavy (non-hydrogen) atoms. The number of aromatic nitrogens is 1. The van der Waals surface area contributed by atoms with E-state index < -0.39 is 17.6 Å². The van der Waals surface area contributed by atoms with Gasteiger partial charge in [-0.3, -0.25) is 9.78 Å². The minimum absolute atomic E-state index is 0.0153. The van der Waals surface area contributed by atoms with E-state index in [9.17, 15) is 14.7 Å². The molecule has 0 spiro atoms. The van der Waals surface area contributed by atoms with Crippen LogP contribution >= 0.6 is 0 Å². The summed E-state index contributed by atoms with van der Waals surface area (Å²) in [5, 5.41) is 9.57. The first kappa shape index (κ1) is 12.1. The molecule has 94 valence electrons. The van der Waals surface area contributed by atoms with Crippen molar-refractivity contribution in [2.75, 3.05) is 13.7 Å². The lowest BCUT2D eigenvalue weighted by atomic mass is 10.2. The molecule has 1 aromatic rings. The van der Waals surface area contributed by atoms with E-state index in [0.29, 0.717) is 5.69 Å². The van der Waals surface area contributed by atoms with Crippen molar-refractivity contribution < 1.29 is 19.4 Å². The summed E-state index contributed by atoms with van der Waals surface area (Å²) < 4.78 is 4.50. The molecule has 0 aliphatic carbocycles. The number of rotatable bonds is 3. The second-order valence-corrected chi connectivity index (χ2v) is 3.80. The van der Waals surface area contributed by atoms with Gasteiger partial charge in [-0.25, -0.2) is 4.79 Å². The average Bonchev–Trinajstić information content (AvgIpc) is 2.67. The Bertz CT molecular complexity index is 510. The first-order valence-electron chi connectivity index (χ1n) is 5.33. The second kappa shape index (κ2) is 4.87. The van der Waals surface area contributed by atoms with Gasteiger partial charge in [-0.2, -0.15) is 0 Å². The number of nitrogens with zero attached hydrogens (tertiary/aromatic N) is 2. The summed E-state index contributed by atoms with van der Waals surface area (Å²) in [4.78, 5) is 28.5. The number of hydrogen-bond acceptors (Lipinski definition) is 5. The fraction of sp³-hybridized carbons (Fsp3) is 0.250. The lowest BCUT2D eigenvalue weighted by molar-refractivity contribution is -0.136. The molecule has 1 amide bonds. The number of amides is 1. The predicted octanol–water partition coefficient (Wildman–Crippen LogP) is 0.409. The van der Waals surface area contributed by atoms with E-state index in [1.165, 1.54) is 12.0 Å². The van der Waals surface area contributed by atoms with Gasteiger partial charge in [0.1, 0.15) is 5.57 Å². The molecule has 1 aromatic heterocycles. The first-order valence-corrected chi connectivity index (χ1v) is 5.33. The smallest absolute Gasteiger partial charge is 0.339 e. The van der Waals surface area contributed by atoms with Crippen molar-refractivity contribution in [3.05, 3.63) is 41.4 Å². The third-order valence-corrected chi connectivity index (χ3v) is 2.64. The van der Waals surface area contributed by atoms with Crippen molar-refractivity contribution in [3.63, 3.8) is 0 Å². The molecule has 0 saturated carbocycles. The van der Waals surface area contributed by atoms with Crippen LogP contribution in [-0.4, -0.2) is 40.5 Å². The van der Waals surface area contributed by atoms with Crippen LogP contribution in [0.2, 0.25) is 0 Å². The molecular formula is C12H12N2O4. The predicted molar refractivity (Wildman–Crippen MR) is 61.3 cm³/mol. The Balaban J connectivity index is 2.12. The molecular weight excluding hydrogens is 236 g/mol. The van der Waals surface area contributed by atoms with Gasteiger partial charge in [0, 0.05) is 6.20 Å². The summed E-state index contributed by atoms with van der Waals surface area (Å²) in [7, 11) is 1.20. The van der Waals surface area contributed by atoms with Crippen LogP contribution in [0.15, 0.2) is 35.7 Å². The van der Waals surface area contributed by atoms with Gasteiger partial charge in [0.2, 0.25) is 0 Å². The van der Waals surface area contributed by atoms with Gasteiger partial charge < -0.3 is 14.7 Å². The highest BCUT2D eigenvalue weighted by Gasteiger charge is 2.34. The Kier molecular flexibility index (Phi) is 3.27. The SMILES string of the molecule is COC(=O)C1=C(O)C(=O)N(Cc2ccccn2)C1. The maximum atomic E-state index is 11.7. The van der Waals surface area contributed by atoms with Crippen LogP contribution in [0.4, 0.5) is 0 Å². The number of aliphatic hydroxyl groups excluding tert-OH is 1. The highest BCUT2D eigenvalue weighted by atomic mass is 16.5. The van der Waals surface area contributed by atoms with Crippen LogP contribution in [0.1, 0.15) is 5.69 Å². The quantitative estimate of drug-likeness (QED) is 0.784. The lowest BCUT2D eigenvalue weighted by Gasteiger charge is -2.14. The maximum absolute atomic E-state index is 11.7. The van der Waals surface area contributed by atoms with E-state index >= 15 is 0 Å². The first-order chi connectivity index (χ1) is 8.63. The summed E-state index contributed by atoms with van der Waals surface area (Å²) >= 11 is 0. The molecule has 0 atom stereocenters. The number of hydrogen-bond donors (Lipinski definition) is 1. The van der Waals surface area contributed by atoms with Crippen LogP contribution < -0.4 is 0 Å². The highest BCUT2D eigenvalue weighted by Crippen LogP contribution is 2.19. The van der Waals surface area contributed by atoms with Gasteiger partial charge in [-0.15, -0.1) is 0 Å². The third-order valence-electron chi connectivity index (χ3n) is 2.64. The Morgan fingerprint density at radius 1 is 1.56 bits per heavy atom. The molecule has 0 fully saturated rings. The number of carbonyl (C=O) groups excluding carboxylic acids is 2. The molecule has 1 N–H and O–H groups in total. The summed E-state index contributed by atoms with van der Waals surface area (Å²) in [5.74, 6) is -1.82. The second-order valence-electron chi connectivity index (χ2n) is 3.80. The van der Waals surface area contributed by atoms with Gasteiger partial charge in [0.25, 0.3) is 5.91 Å². The maximum Gasteiger partial charge on any atom is 0.339 e. The molecule has 0 aromatic carbocycles. The molecule has 1 aliphatic rings. The van der Waals surface area contributed by atoms with Crippen molar-refractivity contribution in [1.29, 1.82) is 0 Å². The van der Waals surface area contributed by atoms with Gasteiger partial charge in [0.15, 0.2) is 5.76 Å². The monoisotopic (exact) mass is 248 g/mol. The van der Waals surface area contributed by atoms with E-state index in [1.807, 2.05) is 0 Å². The largest absolute Gasteiger partial charge is 0.503 e. The number of esters is 1. The summed E-state index contributed by atoms with van der Waals surface area (Å²) in [6.07, 6.45) is 1.62. The molecule has 0 saturated heterocycles. The zero-order valence-electron chi connectivity index (χ0n) is 9.79. The molecule has 0 unspecified atom stereocenters. The van der Waals surface area contributed by atoms with E-state index in [4.69, 9.17) is 0 Å². The van der Waals surface area contributed by atoms with Crippen molar-refractivity contribution in [3.8, 4) is 0 Å². The average molecular weight is 248 g/mol. The summed E-state index contributed by atoms with van der Waals surface area (Å²) in [6.45, 7) is 0.276. The Morgan fingerprint density at radius 2 is 2.33 bits per heavy atom. The summed E-state index contributed by atoms with van der Waals surface area (Å²) in [5.41, 5.74) is 0.670. The van der Waals surface area contributed by atoms with Gasteiger partial charge in [0.05, 0.1) is 25.9 Å². The van der Waals surface area contributed by atoms with Crippen molar-refractivity contribution in [1.82, 2.24) is 9.88 Å². The van der Waals surface area contributed by atoms with Crippen LogP contribution in [0.25, 0.3) is 0 Å². The van der Waals surface area contributed by atoms with Crippen LogP contribution in [0.3, 0.4) is 0 Å². The van der Waals surface area contributed by atoms with Gasteiger partial charge >= 0.3 is 5.97 Å². The van der Waals surface area contributed by atoms with E-state index in [0.717, 1.165) is 0 Å². The van der Waals surface area contributed by atoms with E-state index in [2.05, 4.69) is 9.72 Å². The Morgan fingerprint density at radius 3 is 2.94 bits per heavy atom. The molecule has 2 rings (SSSR count). The third kappa shape index (κ3) is 2.17. The molecule has 0 radical (unpaired) electrons. The van der Waals surface area contributed by atoms with Crippen LogP contribution in [0.5, 0.6) is 0 Å². The number of pyridine rings is 1. The Hall–Kier alpha value is -2.37. The van der Waals surface area contributed by atoms with Crippen molar-refractivity contribution in [2.24, 2.45) is 0 Å². The molecule has 1 aliphatic heterocycles. The van der Waals surface area contributed by atoms with Gasteiger partial charge in [-0.1, -0.05) is 6.07 Å². The molecule has 6 nitrogen and oxygen atoms in total. The highest BCUT2D eigenvalue weighted by molar-refractivity contribution is 6.04. The summed E-state index contributed by atoms with van der Waals surface area (Å²) in [6, 6.07) is 5.34. The topological polar surface area (TPSA) is 79.7 Å². The van der Waals surface area contributed by atoms with E-state index in [1.54, 1.807) is 24.4 Å². The standard InChI is InChI=1S/C12H12N2O4/c1-18-12(17)9-7-14(11(16)10(9)15)6-8-4-2-3-5-13-8/h2-5,15H,6-7H2,1H3. The minimum atomic E-state index is -0.690. The fourth-order valence-electron chi connectivity index (χ4n) is 1.72. The van der Waals surface area contributed by atoms with Crippen molar-refractivity contribution >= 4 is 11.9 Å². The van der Waals surface area contributed by atoms with Crippen LogP contribution in [-0.2, 0) is 20.9 Å². The molecule has 0 bridgehead atoms. The normalized spacial score (nSPS) is 15.2. The number of methoxy groups -OCH3 is 1. The number of ether oxygens (including phenoxy) is 1. The lowest BCUT2D eigenvalue weighted by Crippen LogP contribution is -2.27. The van der Waals surface area contributed by atoms with Gasteiger partial charge in [-0.05, 0) is 12.1 Å².